The van der Waals surface area contributed by atoms with E-state index >= 15 is 0 Å². The first-order valence-electron chi connectivity index (χ1n) is 7.83. The molecule has 3 amide bonds. The fourth-order valence-electron chi connectivity index (χ4n) is 2.05. The fraction of sp³-hybridized carbons (Fsp3) is 0.294. The number of urea groups is 1. The Labute approximate surface area is 147 Å². The molecular weight excluding hydrogens is 351 g/mol. The first kappa shape index (κ1) is 19.4. The number of hydrogen-bond donors (Lipinski definition) is 3. The van der Waals surface area contributed by atoms with Gasteiger partial charge in [0.25, 0.3) is 5.91 Å². The van der Waals surface area contributed by atoms with Gasteiger partial charge in [0, 0.05) is 11.7 Å². The van der Waals surface area contributed by atoms with Crippen molar-refractivity contribution < 1.29 is 27.2 Å². The quantitative estimate of drug-likeness (QED) is 0.727. The number of rotatable bonds is 5. The number of carbonyl (C=O) groups excluding carboxylic acids is 2. The van der Waals surface area contributed by atoms with Crippen LogP contribution < -0.4 is 16.0 Å². The summed E-state index contributed by atoms with van der Waals surface area (Å²) >= 11 is 0. The summed E-state index contributed by atoms with van der Waals surface area (Å²) in [5, 5.41) is 7.07. The van der Waals surface area contributed by atoms with Gasteiger partial charge in [-0.2, -0.15) is 13.2 Å². The number of hydrogen-bond acceptors (Lipinski definition) is 3. The monoisotopic (exact) mass is 369 g/mol. The lowest BCUT2D eigenvalue weighted by Crippen LogP contribution is -2.36. The maximum atomic E-state index is 13.3. The van der Waals surface area contributed by atoms with Crippen LogP contribution in [0.3, 0.4) is 0 Å². The van der Waals surface area contributed by atoms with Gasteiger partial charge in [0.15, 0.2) is 0 Å². The maximum Gasteiger partial charge on any atom is 0.418 e. The van der Waals surface area contributed by atoms with Gasteiger partial charge in [0.05, 0.1) is 23.1 Å². The molecule has 0 fully saturated rings. The van der Waals surface area contributed by atoms with Crippen LogP contribution in [0.1, 0.15) is 36.2 Å². The van der Waals surface area contributed by atoms with Gasteiger partial charge in [-0.15, -0.1) is 0 Å². The van der Waals surface area contributed by atoms with E-state index in [0.717, 1.165) is 12.1 Å². The van der Waals surface area contributed by atoms with Crippen molar-refractivity contribution in [3.63, 3.8) is 0 Å². The molecule has 0 radical (unpaired) electrons. The highest BCUT2D eigenvalue weighted by molar-refractivity contribution is 6.04. The van der Waals surface area contributed by atoms with Crippen molar-refractivity contribution in [2.45, 2.75) is 32.5 Å². The second-order valence-corrected chi connectivity index (χ2v) is 5.63. The second kappa shape index (κ2) is 7.94. The first-order valence-corrected chi connectivity index (χ1v) is 7.83. The number of halogens is 3. The van der Waals surface area contributed by atoms with Gasteiger partial charge in [0.1, 0.15) is 6.26 Å². The fourth-order valence-corrected chi connectivity index (χ4v) is 2.05. The van der Waals surface area contributed by atoms with E-state index in [1.807, 2.05) is 6.92 Å². The summed E-state index contributed by atoms with van der Waals surface area (Å²) in [5.41, 5.74) is -1.36. The standard InChI is InChI=1S/C17H18F3N3O3/c1-3-10(2)21-16(25)23-14-5-4-12(8-13(14)17(18,19)20)22-15(24)11-6-7-26-9-11/h4-10H,3H2,1-2H3,(H,22,24)(H2,21,23,25). The summed E-state index contributed by atoms with van der Waals surface area (Å²) < 4.78 is 44.7. The Kier molecular flexibility index (Phi) is 5.91. The number of anilines is 2. The van der Waals surface area contributed by atoms with Gasteiger partial charge in [-0.25, -0.2) is 4.79 Å². The van der Waals surface area contributed by atoms with Crippen LogP contribution in [0.2, 0.25) is 0 Å². The minimum absolute atomic E-state index is 0.0589. The largest absolute Gasteiger partial charge is 0.472 e. The van der Waals surface area contributed by atoms with Crippen molar-refractivity contribution in [2.75, 3.05) is 10.6 Å². The molecule has 1 heterocycles. The van der Waals surface area contributed by atoms with Gasteiger partial charge in [-0.1, -0.05) is 6.92 Å². The molecule has 2 aromatic rings. The molecule has 3 N–H and O–H groups in total. The van der Waals surface area contributed by atoms with E-state index in [4.69, 9.17) is 4.42 Å². The minimum Gasteiger partial charge on any atom is -0.472 e. The molecule has 1 aromatic heterocycles. The van der Waals surface area contributed by atoms with Crippen molar-refractivity contribution in [2.24, 2.45) is 0 Å². The zero-order chi connectivity index (χ0) is 19.3. The topological polar surface area (TPSA) is 83.4 Å². The third-order valence-corrected chi connectivity index (χ3v) is 3.60. The molecule has 0 saturated heterocycles. The van der Waals surface area contributed by atoms with E-state index in [0.29, 0.717) is 6.42 Å². The van der Waals surface area contributed by atoms with Gasteiger partial charge < -0.3 is 20.4 Å². The molecule has 1 atom stereocenters. The maximum absolute atomic E-state index is 13.3. The molecule has 1 unspecified atom stereocenters. The van der Waals surface area contributed by atoms with Crippen molar-refractivity contribution in [3.05, 3.63) is 47.9 Å². The number of amides is 3. The van der Waals surface area contributed by atoms with Crippen LogP contribution in [0.25, 0.3) is 0 Å². The lowest BCUT2D eigenvalue weighted by Gasteiger charge is -2.17. The third-order valence-electron chi connectivity index (χ3n) is 3.60. The number of carbonyl (C=O) groups is 2. The Hall–Kier alpha value is -2.97. The minimum atomic E-state index is -4.71. The zero-order valence-corrected chi connectivity index (χ0v) is 14.1. The molecule has 140 valence electrons. The highest BCUT2D eigenvalue weighted by Crippen LogP contribution is 2.36. The van der Waals surface area contributed by atoms with E-state index in [2.05, 4.69) is 16.0 Å². The zero-order valence-electron chi connectivity index (χ0n) is 14.1. The van der Waals surface area contributed by atoms with Crippen LogP contribution in [0.15, 0.2) is 41.2 Å². The van der Waals surface area contributed by atoms with E-state index in [9.17, 15) is 22.8 Å². The molecule has 1 aromatic carbocycles. The van der Waals surface area contributed by atoms with Crippen LogP contribution >= 0.6 is 0 Å². The highest BCUT2D eigenvalue weighted by Gasteiger charge is 2.34. The number of alkyl halides is 3. The molecule has 0 aliphatic carbocycles. The summed E-state index contributed by atoms with van der Waals surface area (Å²) in [5.74, 6) is -0.609. The Morgan fingerprint density at radius 1 is 1.19 bits per heavy atom. The lowest BCUT2D eigenvalue weighted by atomic mass is 10.1. The normalized spacial score (nSPS) is 12.3. The van der Waals surface area contributed by atoms with Gasteiger partial charge >= 0.3 is 12.2 Å². The molecule has 0 spiro atoms. The second-order valence-electron chi connectivity index (χ2n) is 5.63. The number of furan rings is 1. The van der Waals surface area contributed by atoms with Crippen LogP contribution in [0.5, 0.6) is 0 Å². The van der Waals surface area contributed by atoms with Crippen LogP contribution in [0.4, 0.5) is 29.3 Å². The number of nitrogens with one attached hydrogen (secondary N) is 3. The van der Waals surface area contributed by atoms with Crippen molar-refractivity contribution in [1.82, 2.24) is 5.32 Å². The van der Waals surface area contributed by atoms with Gasteiger partial charge in [-0.3, -0.25) is 4.79 Å². The third kappa shape index (κ3) is 5.01. The Morgan fingerprint density at radius 2 is 1.92 bits per heavy atom. The van der Waals surface area contributed by atoms with Gasteiger partial charge in [-0.05, 0) is 37.6 Å². The lowest BCUT2D eigenvalue weighted by molar-refractivity contribution is -0.136. The predicted molar refractivity (Wildman–Crippen MR) is 90.0 cm³/mol. The summed E-state index contributed by atoms with van der Waals surface area (Å²) in [6.07, 6.45) is -1.62. The first-order chi connectivity index (χ1) is 12.2. The molecule has 2 rings (SSSR count). The van der Waals surface area contributed by atoms with E-state index < -0.39 is 29.4 Å². The smallest absolute Gasteiger partial charge is 0.418 e. The van der Waals surface area contributed by atoms with Crippen LogP contribution in [0, 0.1) is 0 Å². The molecule has 0 saturated carbocycles. The Morgan fingerprint density at radius 3 is 2.50 bits per heavy atom. The Bertz CT molecular complexity index is 773. The van der Waals surface area contributed by atoms with Crippen molar-refractivity contribution in [3.8, 4) is 0 Å². The molecule has 6 nitrogen and oxygen atoms in total. The van der Waals surface area contributed by atoms with Gasteiger partial charge in [0.2, 0.25) is 0 Å². The Balaban J connectivity index is 2.22. The molecule has 9 heteroatoms. The van der Waals surface area contributed by atoms with Crippen molar-refractivity contribution >= 4 is 23.3 Å². The van der Waals surface area contributed by atoms with Crippen LogP contribution in [-0.2, 0) is 6.18 Å². The summed E-state index contributed by atoms with van der Waals surface area (Å²) in [7, 11) is 0. The van der Waals surface area contributed by atoms with E-state index in [-0.39, 0.29) is 17.3 Å². The molecule has 0 aliphatic rings. The molecule has 0 bridgehead atoms. The predicted octanol–water partition coefficient (Wildman–Crippen LogP) is 4.47. The van der Waals surface area contributed by atoms with E-state index in [1.54, 1.807) is 6.92 Å². The average molecular weight is 369 g/mol. The average Bonchev–Trinajstić information content (AvgIpc) is 3.09. The SMILES string of the molecule is CCC(C)NC(=O)Nc1ccc(NC(=O)c2ccoc2)cc1C(F)(F)F. The summed E-state index contributed by atoms with van der Waals surface area (Å²) in [6, 6.07) is 3.58. The summed E-state index contributed by atoms with van der Waals surface area (Å²) in [6.45, 7) is 3.57. The number of benzene rings is 1. The van der Waals surface area contributed by atoms with E-state index in [1.165, 1.54) is 24.7 Å². The summed E-state index contributed by atoms with van der Waals surface area (Å²) in [4.78, 5) is 23.7. The molecule has 26 heavy (non-hydrogen) atoms. The van der Waals surface area contributed by atoms with Crippen molar-refractivity contribution in [1.29, 1.82) is 0 Å². The molecule has 0 aliphatic heterocycles. The van der Waals surface area contributed by atoms with Crippen LogP contribution in [-0.4, -0.2) is 18.0 Å². The molecular formula is C17H18F3N3O3. The highest BCUT2D eigenvalue weighted by atomic mass is 19.4.